The van der Waals surface area contributed by atoms with Crippen LogP contribution in [0.25, 0.3) is 0 Å². The number of para-hydroxylation sites is 1. The number of halogens is 1. The van der Waals surface area contributed by atoms with E-state index in [1.165, 1.54) is 25.2 Å². The Labute approximate surface area is 176 Å². The van der Waals surface area contributed by atoms with E-state index >= 15 is 0 Å². The number of anilines is 2. The van der Waals surface area contributed by atoms with Crippen LogP contribution in [0.5, 0.6) is 0 Å². The van der Waals surface area contributed by atoms with Crippen LogP contribution in [0.2, 0.25) is 0 Å². The summed E-state index contributed by atoms with van der Waals surface area (Å²) in [5.74, 6) is -1.21. The summed E-state index contributed by atoms with van der Waals surface area (Å²) >= 11 is 0. The molecule has 8 heteroatoms. The molecule has 0 aliphatic carbocycles. The SMILES string of the molecule is CNc1c(F)cccc1C(=O)N(C=O)c1cccc(B2OC(C)(C)C(C)(C)O2)c1C. The fraction of sp³-hybridized carbons (Fsp3) is 0.364. The molecular formula is C22H26BFN2O4. The maximum atomic E-state index is 14.1. The number of carbonyl (C=O) groups excluding carboxylic acids is 2. The van der Waals surface area contributed by atoms with Gasteiger partial charge in [-0.1, -0.05) is 18.2 Å². The van der Waals surface area contributed by atoms with Crippen molar-refractivity contribution in [1.29, 1.82) is 0 Å². The molecule has 6 nitrogen and oxygen atoms in total. The van der Waals surface area contributed by atoms with Crippen LogP contribution in [0.4, 0.5) is 15.8 Å². The number of hydrogen-bond acceptors (Lipinski definition) is 5. The van der Waals surface area contributed by atoms with Crippen LogP contribution in [0.15, 0.2) is 36.4 Å². The average Bonchev–Trinajstić information content (AvgIpc) is 2.90. The summed E-state index contributed by atoms with van der Waals surface area (Å²) in [5, 5.41) is 2.69. The van der Waals surface area contributed by atoms with Gasteiger partial charge < -0.3 is 14.6 Å². The summed E-state index contributed by atoms with van der Waals surface area (Å²) in [7, 11) is 0.880. The van der Waals surface area contributed by atoms with Crippen molar-refractivity contribution in [1.82, 2.24) is 0 Å². The van der Waals surface area contributed by atoms with E-state index < -0.39 is 30.0 Å². The van der Waals surface area contributed by atoms with Gasteiger partial charge in [-0.3, -0.25) is 9.59 Å². The quantitative estimate of drug-likeness (QED) is 0.603. The minimum atomic E-state index is -0.638. The lowest BCUT2D eigenvalue weighted by atomic mass is 9.75. The molecule has 2 amide bonds. The van der Waals surface area contributed by atoms with Gasteiger partial charge in [0.2, 0.25) is 6.41 Å². The predicted octanol–water partition coefficient (Wildman–Crippen LogP) is 3.28. The van der Waals surface area contributed by atoms with E-state index in [-0.39, 0.29) is 11.3 Å². The van der Waals surface area contributed by atoms with Gasteiger partial charge in [-0.2, -0.15) is 0 Å². The van der Waals surface area contributed by atoms with Crippen molar-refractivity contribution in [3.05, 3.63) is 53.3 Å². The van der Waals surface area contributed by atoms with E-state index in [9.17, 15) is 14.0 Å². The van der Waals surface area contributed by atoms with Crippen LogP contribution in [0.1, 0.15) is 43.6 Å². The van der Waals surface area contributed by atoms with Gasteiger partial charge in [-0.15, -0.1) is 0 Å². The van der Waals surface area contributed by atoms with Gasteiger partial charge in [-0.05, 0) is 63.8 Å². The summed E-state index contributed by atoms with van der Waals surface area (Å²) in [6.45, 7) is 9.62. The highest BCUT2D eigenvalue weighted by Crippen LogP contribution is 2.37. The molecule has 0 saturated carbocycles. The molecule has 1 saturated heterocycles. The van der Waals surface area contributed by atoms with Gasteiger partial charge >= 0.3 is 7.12 Å². The average molecular weight is 412 g/mol. The van der Waals surface area contributed by atoms with Crippen molar-refractivity contribution in [3.8, 4) is 0 Å². The molecule has 0 spiro atoms. The van der Waals surface area contributed by atoms with Crippen molar-refractivity contribution >= 4 is 36.3 Å². The monoisotopic (exact) mass is 412 g/mol. The molecule has 0 unspecified atom stereocenters. The zero-order valence-corrected chi connectivity index (χ0v) is 18.1. The van der Waals surface area contributed by atoms with Gasteiger partial charge in [-0.25, -0.2) is 9.29 Å². The van der Waals surface area contributed by atoms with Crippen LogP contribution >= 0.6 is 0 Å². The van der Waals surface area contributed by atoms with Crippen LogP contribution in [0.3, 0.4) is 0 Å². The van der Waals surface area contributed by atoms with Crippen LogP contribution in [-0.4, -0.2) is 37.7 Å². The lowest BCUT2D eigenvalue weighted by Gasteiger charge is -2.32. The molecule has 1 N–H and O–H groups in total. The fourth-order valence-corrected chi connectivity index (χ4v) is 3.43. The molecule has 2 aromatic carbocycles. The van der Waals surface area contributed by atoms with E-state index in [0.29, 0.717) is 17.7 Å². The smallest absolute Gasteiger partial charge is 0.399 e. The Bertz CT molecular complexity index is 977. The summed E-state index contributed by atoms with van der Waals surface area (Å²) < 4.78 is 26.4. The topological polar surface area (TPSA) is 67.9 Å². The van der Waals surface area contributed by atoms with E-state index in [4.69, 9.17) is 9.31 Å². The molecule has 0 radical (unpaired) electrons. The van der Waals surface area contributed by atoms with E-state index in [0.717, 1.165) is 10.4 Å². The van der Waals surface area contributed by atoms with Gasteiger partial charge in [0.1, 0.15) is 5.82 Å². The third kappa shape index (κ3) is 3.61. The Balaban J connectivity index is 2.02. The standard InChI is InChI=1S/C22H26BFN2O4/c1-14-16(23-29-21(2,3)22(4,5)30-23)10-8-12-18(14)26(13-27)20(28)15-9-7-11-17(24)19(15)25-6/h7-13,25H,1-6H3. The first-order valence-electron chi connectivity index (χ1n) is 9.74. The molecule has 2 aromatic rings. The minimum Gasteiger partial charge on any atom is -0.399 e. The Kier molecular flexibility index (Phi) is 5.75. The van der Waals surface area contributed by atoms with Crippen molar-refractivity contribution in [2.24, 2.45) is 0 Å². The lowest BCUT2D eigenvalue weighted by molar-refractivity contribution is -0.106. The second-order valence-corrected chi connectivity index (χ2v) is 8.27. The lowest BCUT2D eigenvalue weighted by Crippen LogP contribution is -2.41. The van der Waals surface area contributed by atoms with Gasteiger partial charge in [0.25, 0.3) is 5.91 Å². The Morgan fingerprint density at radius 3 is 2.27 bits per heavy atom. The minimum absolute atomic E-state index is 0.0362. The second kappa shape index (κ2) is 7.85. The number of imide groups is 1. The van der Waals surface area contributed by atoms with Crippen molar-refractivity contribution in [3.63, 3.8) is 0 Å². The van der Waals surface area contributed by atoms with Crippen LogP contribution in [0, 0.1) is 12.7 Å². The van der Waals surface area contributed by atoms with Gasteiger partial charge in [0.15, 0.2) is 0 Å². The third-order valence-corrected chi connectivity index (χ3v) is 5.93. The first-order chi connectivity index (χ1) is 14.0. The second-order valence-electron chi connectivity index (χ2n) is 8.27. The summed E-state index contributed by atoms with van der Waals surface area (Å²) in [6, 6.07) is 9.39. The van der Waals surface area contributed by atoms with Gasteiger partial charge in [0, 0.05) is 7.05 Å². The largest absolute Gasteiger partial charge is 0.495 e. The first-order valence-corrected chi connectivity index (χ1v) is 9.74. The third-order valence-electron chi connectivity index (χ3n) is 5.93. The number of hydrogen-bond donors (Lipinski definition) is 1. The van der Waals surface area contributed by atoms with Crippen LogP contribution in [-0.2, 0) is 14.1 Å². The molecule has 158 valence electrons. The highest BCUT2D eigenvalue weighted by Gasteiger charge is 2.52. The molecule has 1 heterocycles. The first kappa shape index (κ1) is 22.0. The molecule has 30 heavy (non-hydrogen) atoms. The van der Waals surface area contributed by atoms with Crippen molar-refractivity contribution in [2.45, 2.75) is 45.8 Å². The fourth-order valence-electron chi connectivity index (χ4n) is 3.43. The molecule has 3 rings (SSSR count). The Hall–Kier alpha value is -2.71. The zero-order chi connectivity index (χ0) is 22.3. The Morgan fingerprint density at radius 2 is 1.70 bits per heavy atom. The highest BCUT2D eigenvalue weighted by atomic mass is 19.1. The molecule has 1 aliphatic heterocycles. The normalized spacial score (nSPS) is 17.0. The number of nitrogens with zero attached hydrogens (tertiary/aromatic N) is 1. The number of benzene rings is 2. The summed E-state index contributed by atoms with van der Waals surface area (Å²) in [4.78, 5) is 26.0. The molecule has 0 atom stereocenters. The van der Waals surface area contributed by atoms with Gasteiger partial charge in [0.05, 0.1) is 28.1 Å². The maximum absolute atomic E-state index is 14.1. The highest BCUT2D eigenvalue weighted by molar-refractivity contribution is 6.62. The molecule has 0 aromatic heterocycles. The number of nitrogens with one attached hydrogen (secondary N) is 1. The molecule has 1 fully saturated rings. The summed E-state index contributed by atoms with van der Waals surface area (Å²) in [5.41, 5.74) is 0.818. The van der Waals surface area contributed by atoms with Crippen molar-refractivity contribution in [2.75, 3.05) is 17.3 Å². The zero-order valence-electron chi connectivity index (χ0n) is 18.1. The molecular weight excluding hydrogens is 386 g/mol. The number of rotatable bonds is 5. The van der Waals surface area contributed by atoms with Crippen LogP contribution < -0.4 is 15.7 Å². The maximum Gasteiger partial charge on any atom is 0.495 e. The predicted molar refractivity (Wildman–Crippen MR) is 116 cm³/mol. The number of amides is 2. The van der Waals surface area contributed by atoms with E-state index in [1.807, 2.05) is 33.8 Å². The Morgan fingerprint density at radius 1 is 1.10 bits per heavy atom. The van der Waals surface area contributed by atoms with E-state index in [1.54, 1.807) is 19.1 Å². The molecule has 1 aliphatic rings. The van der Waals surface area contributed by atoms with Crippen molar-refractivity contribution < 1.29 is 23.3 Å². The van der Waals surface area contributed by atoms with E-state index in [2.05, 4.69) is 5.32 Å². The molecule has 0 bridgehead atoms. The number of carbonyl (C=O) groups is 2. The summed E-state index contributed by atoms with van der Waals surface area (Å²) in [6.07, 6.45) is 0.434.